The molecule has 2 rings (SSSR count). The maximum Gasteiger partial charge on any atom is 0.226 e. The summed E-state index contributed by atoms with van der Waals surface area (Å²) in [6, 6.07) is 0.273. The largest absolute Gasteiger partial charge is 0.382 e. The molecule has 2 heterocycles. The van der Waals surface area contributed by atoms with Gasteiger partial charge in [0.1, 0.15) is 5.52 Å². The lowest BCUT2D eigenvalue weighted by Gasteiger charge is -2.08. The van der Waals surface area contributed by atoms with Gasteiger partial charge in [-0.05, 0) is 13.8 Å². The molecular weight excluding hydrogens is 192 g/mol. The maximum absolute atomic E-state index is 5.78. The first kappa shape index (κ1) is 9.70. The Balaban J connectivity index is 2.55. The molecule has 80 valence electrons. The van der Waals surface area contributed by atoms with Gasteiger partial charge in [0.05, 0.1) is 6.33 Å². The third kappa shape index (κ3) is 1.70. The number of hydrogen-bond acceptors (Lipinski definition) is 5. The molecular formula is C9H14N6. The highest BCUT2D eigenvalue weighted by Gasteiger charge is 2.09. The van der Waals surface area contributed by atoms with E-state index in [2.05, 4.69) is 20.3 Å². The van der Waals surface area contributed by atoms with Crippen LogP contribution in [0.5, 0.6) is 0 Å². The van der Waals surface area contributed by atoms with Crippen LogP contribution in [-0.4, -0.2) is 25.6 Å². The van der Waals surface area contributed by atoms with E-state index >= 15 is 0 Å². The second kappa shape index (κ2) is 3.38. The molecule has 0 aliphatic heterocycles. The molecule has 0 fully saturated rings. The van der Waals surface area contributed by atoms with E-state index in [1.807, 2.05) is 25.5 Å². The summed E-state index contributed by atoms with van der Waals surface area (Å²) in [5.41, 5.74) is 7.17. The van der Waals surface area contributed by atoms with Crippen molar-refractivity contribution in [2.75, 3.05) is 11.1 Å². The minimum atomic E-state index is 0.273. The SMILES string of the molecule is CC(C)Nc1nc(N)c2ncn(C)c2n1. The van der Waals surface area contributed by atoms with Crippen molar-refractivity contribution in [3.63, 3.8) is 0 Å². The predicted molar refractivity (Wildman–Crippen MR) is 59.5 cm³/mol. The van der Waals surface area contributed by atoms with Crippen LogP contribution in [-0.2, 0) is 7.05 Å². The van der Waals surface area contributed by atoms with E-state index in [0.717, 1.165) is 5.65 Å². The predicted octanol–water partition coefficient (Wildman–Crippen LogP) is 0.766. The Labute approximate surface area is 87.5 Å². The smallest absolute Gasteiger partial charge is 0.226 e. The molecule has 0 aromatic carbocycles. The van der Waals surface area contributed by atoms with Gasteiger partial charge in [-0.1, -0.05) is 0 Å². The van der Waals surface area contributed by atoms with Gasteiger partial charge in [0.25, 0.3) is 0 Å². The van der Waals surface area contributed by atoms with Crippen LogP contribution in [0.15, 0.2) is 6.33 Å². The van der Waals surface area contributed by atoms with E-state index in [0.29, 0.717) is 17.3 Å². The summed E-state index contributed by atoms with van der Waals surface area (Å²) in [7, 11) is 1.88. The Morgan fingerprint density at radius 2 is 2.13 bits per heavy atom. The number of nitrogens with two attached hydrogens (primary N) is 1. The Kier molecular flexibility index (Phi) is 2.18. The van der Waals surface area contributed by atoms with E-state index in [1.165, 1.54) is 0 Å². The summed E-state index contributed by atoms with van der Waals surface area (Å²) in [5, 5.41) is 3.11. The molecule has 0 unspecified atom stereocenters. The second-order valence-corrected chi connectivity index (χ2v) is 3.76. The van der Waals surface area contributed by atoms with Gasteiger partial charge in [-0.2, -0.15) is 9.97 Å². The number of aryl methyl sites for hydroxylation is 1. The summed E-state index contributed by atoms with van der Waals surface area (Å²) < 4.78 is 1.82. The molecule has 6 nitrogen and oxygen atoms in total. The fourth-order valence-electron chi connectivity index (χ4n) is 1.35. The average Bonchev–Trinajstić information content (AvgIpc) is 2.47. The van der Waals surface area contributed by atoms with Gasteiger partial charge in [-0.15, -0.1) is 0 Å². The molecule has 3 N–H and O–H groups in total. The van der Waals surface area contributed by atoms with Crippen molar-refractivity contribution >= 4 is 22.9 Å². The second-order valence-electron chi connectivity index (χ2n) is 3.76. The van der Waals surface area contributed by atoms with Crippen LogP contribution in [0.1, 0.15) is 13.8 Å². The maximum atomic E-state index is 5.78. The third-order valence-corrected chi connectivity index (χ3v) is 2.00. The lowest BCUT2D eigenvalue weighted by molar-refractivity contribution is 0.871. The normalized spacial score (nSPS) is 11.2. The minimum absolute atomic E-state index is 0.273. The first-order valence-electron chi connectivity index (χ1n) is 4.79. The summed E-state index contributed by atoms with van der Waals surface area (Å²) in [4.78, 5) is 12.6. The standard InChI is InChI=1S/C9H14N6/c1-5(2)12-9-13-7(10)6-8(14-9)15(3)4-11-6/h4-5H,1-3H3,(H3,10,12,13,14). The highest BCUT2D eigenvalue weighted by molar-refractivity contribution is 5.82. The summed E-state index contributed by atoms with van der Waals surface area (Å²) in [6.07, 6.45) is 1.68. The van der Waals surface area contributed by atoms with Crippen LogP contribution < -0.4 is 11.1 Å². The Morgan fingerprint density at radius 3 is 2.80 bits per heavy atom. The Morgan fingerprint density at radius 1 is 1.40 bits per heavy atom. The monoisotopic (exact) mass is 206 g/mol. The number of rotatable bonds is 2. The average molecular weight is 206 g/mol. The van der Waals surface area contributed by atoms with Crippen molar-refractivity contribution in [1.82, 2.24) is 19.5 Å². The quantitative estimate of drug-likeness (QED) is 0.758. The number of fused-ring (bicyclic) bond motifs is 1. The van der Waals surface area contributed by atoms with Crippen molar-refractivity contribution < 1.29 is 0 Å². The highest BCUT2D eigenvalue weighted by atomic mass is 15.2. The number of hydrogen-bond donors (Lipinski definition) is 2. The third-order valence-electron chi connectivity index (χ3n) is 2.00. The minimum Gasteiger partial charge on any atom is -0.382 e. The van der Waals surface area contributed by atoms with Crippen LogP contribution in [0.4, 0.5) is 11.8 Å². The van der Waals surface area contributed by atoms with E-state index in [1.54, 1.807) is 6.33 Å². The van der Waals surface area contributed by atoms with Crippen molar-refractivity contribution in [2.24, 2.45) is 7.05 Å². The van der Waals surface area contributed by atoms with Crippen molar-refractivity contribution in [3.8, 4) is 0 Å². The van der Waals surface area contributed by atoms with Gasteiger partial charge >= 0.3 is 0 Å². The molecule has 0 spiro atoms. The number of anilines is 2. The van der Waals surface area contributed by atoms with E-state index in [-0.39, 0.29) is 6.04 Å². The highest BCUT2D eigenvalue weighted by Crippen LogP contribution is 2.17. The number of imidazole rings is 1. The molecule has 0 aliphatic rings. The van der Waals surface area contributed by atoms with Gasteiger partial charge in [-0.3, -0.25) is 0 Å². The van der Waals surface area contributed by atoms with Crippen LogP contribution in [0.25, 0.3) is 11.2 Å². The van der Waals surface area contributed by atoms with E-state index in [9.17, 15) is 0 Å². The molecule has 15 heavy (non-hydrogen) atoms. The number of nitrogens with one attached hydrogen (secondary N) is 1. The number of nitrogens with zero attached hydrogens (tertiary/aromatic N) is 4. The van der Waals surface area contributed by atoms with Gasteiger partial charge in [-0.25, -0.2) is 4.98 Å². The van der Waals surface area contributed by atoms with Crippen LogP contribution >= 0.6 is 0 Å². The van der Waals surface area contributed by atoms with Gasteiger partial charge < -0.3 is 15.6 Å². The molecule has 0 atom stereocenters. The first-order valence-corrected chi connectivity index (χ1v) is 4.79. The molecule has 2 aromatic rings. The van der Waals surface area contributed by atoms with Crippen molar-refractivity contribution in [2.45, 2.75) is 19.9 Å². The fraction of sp³-hybridized carbons (Fsp3) is 0.444. The number of nitrogen functional groups attached to an aromatic ring is 1. The molecule has 0 radical (unpaired) electrons. The van der Waals surface area contributed by atoms with Crippen LogP contribution in [0.2, 0.25) is 0 Å². The zero-order chi connectivity index (χ0) is 11.0. The van der Waals surface area contributed by atoms with Crippen molar-refractivity contribution in [1.29, 1.82) is 0 Å². The van der Waals surface area contributed by atoms with Crippen LogP contribution in [0, 0.1) is 0 Å². The topological polar surface area (TPSA) is 81.6 Å². The van der Waals surface area contributed by atoms with Gasteiger partial charge in [0.2, 0.25) is 5.95 Å². The zero-order valence-electron chi connectivity index (χ0n) is 9.02. The molecule has 2 aromatic heterocycles. The zero-order valence-corrected chi connectivity index (χ0v) is 9.02. The fourth-order valence-corrected chi connectivity index (χ4v) is 1.35. The molecule has 0 amide bonds. The first-order chi connectivity index (χ1) is 7.08. The van der Waals surface area contributed by atoms with E-state index in [4.69, 9.17) is 5.73 Å². The summed E-state index contributed by atoms with van der Waals surface area (Å²) >= 11 is 0. The van der Waals surface area contributed by atoms with Gasteiger partial charge in [0.15, 0.2) is 11.5 Å². The van der Waals surface area contributed by atoms with Crippen molar-refractivity contribution in [3.05, 3.63) is 6.33 Å². The number of aromatic nitrogens is 4. The Hall–Kier alpha value is -1.85. The lowest BCUT2D eigenvalue weighted by atomic mass is 10.4. The molecule has 0 aliphatic carbocycles. The molecule has 0 saturated heterocycles. The summed E-state index contributed by atoms with van der Waals surface area (Å²) in [6.45, 7) is 4.04. The molecule has 6 heteroatoms. The molecule has 0 bridgehead atoms. The van der Waals surface area contributed by atoms with E-state index < -0.39 is 0 Å². The van der Waals surface area contributed by atoms with Gasteiger partial charge in [0, 0.05) is 13.1 Å². The molecule has 0 saturated carbocycles. The lowest BCUT2D eigenvalue weighted by Crippen LogP contribution is -2.13. The Bertz CT molecular complexity index is 487. The summed E-state index contributed by atoms with van der Waals surface area (Å²) in [5.74, 6) is 0.947. The van der Waals surface area contributed by atoms with Crippen LogP contribution in [0.3, 0.4) is 0 Å².